The predicted molar refractivity (Wildman–Crippen MR) is 129 cm³/mol. The molecule has 36 heavy (non-hydrogen) atoms. The lowest BCUT2D eigenvalue weighted by atomic mass is 9.53. The third-order valence-electron chi connectivity index (χ3n) is 8.85. The number of nitrogens with one attached hydrogen (secondary N) is 1. The molecule has 3 saturated carbocycles. The van der Waals surface area contributed by atoms with Crippen LogP contribution in [0.2, 0.25) is 0 Å². The van der Waals surface area contributed by atoms with Crippen molar-refractivity contribution in [2.75, 3.05) is 19.0 Å². The molecule has 0 spiro atoms. The van der Waals surface area contributed by atoms with Gasteiger partial charge in [-0.3, -0.25) is 24.0 Å². The summed E-state index contributed by atoms with van der Waals surface area (Å²) < 4.78 is 0. The van der Waals surface area contributed by atoms with Gasteiger partial charge in [-0.15, -0.1) is 0 Å². The highest BCUT2D eigenvalue weighted by molar-refractivity contribution is 6.31. The summed E-state index contributed by atoms with van der Waals surface area (Å²) in [6, 6.07) is 3.09. The number of fused-ring (bicyclic) bond motifs is 3. The highest BCUT2D eigenvalue weighted by Crippen LogP contribution is 2.51. The van der Waals surface area contributed by atoms with Crippen molar-refractivity contribution in [3.63, 3.8) is 0 Å². The number of phenols is 1. The molecule has 5 atom stereocenters. The number of hydrogen-bond acceptors (Lipinski definition) is 8. The molecule has 0 aliphatic heterocycles. The van der Waals surface area contributed by atoms with Crippen molar-refractivity contribution >= 4 is 34.7 Å². The Hall–Kier alpha value is -3.07. The first-order valence-electron chi connectivity index (χ1n) is 12.6. The lowest BCUT2D eigenvalue weighted by molar-refractivity contribution is -0.176. The van der Waals surface area contributed by atoms with Crippen LogP contribution in [-0.2, 0) is 25.6 Å². The maximum Gasteiger partial charge on any atom is 0.238 e. The van der Waals surface area contributed by atoms with E-state index in [1.54, 1.807) is 6.07 Å². The number of amides is 1. The Kier molecular flexibility index (Phi) is 5.63. The van der Waals surface area contributed by atoms with Crippen molar-refractivity contribution in [1.29, 1.82) is 0 Å². The van der Waals surface area contributed by atoms with Gasteiger partial charge < -0.3 is 20.4 Å². The second-order valence-electron chi connectivity index (χ2n) is 11.4. The minimum absolute atomic E-state index is 0.0284. The van der Waals surface area contributed by atoms with Gasteiger partial charge >= 0.3 is 0 Å². The Morgan fingerprint density at radius 1 is 1.06 bits per heavy atom. The highest BCUT2D eigenvalue weighted by atomic mass is 16.3. The first-order chi connectivity index (χ1) is 16.9. The molecule has 3 fully saturated rings. The lowest BCUT2D eigenvalue weighted by Gasteiger charge is -2.49. The van der Waals surface area contributed by atoms with Gasteiger partial charge in [0.05, 0.1) is 11.5 Å². The van der Waals surface area contributed by atoms with E-state index in [4.69, 9.17) is 0 Å². The molecule has 0 saturated heterocycles. The predicted octanol–water partition coefficient (Wildman–Crippen LogP) is 1.36. The van der Waals surface area contributed by atoms with Crippen LogP contribution in [0.25, 0.3) is 0 Å². The smallest absolute Gasteiger partial charge is 0.238 e. The summed E-state index contributed by atoms with van der Waals surface area (Å²) in [5.41, 5.74) is -1.75. The van der Waals surface area contributed by atoms with Gasteiger partial charge in [-0.05, 0) is 56.2 Å². The molecule has 0 heterocycles. The molecule has 2 unspecified atom stereocenters. The summed E-state index contributed by atoms with van der Waals surface area (Å²) in [4.78, 5) is 68.8. The number of anilines is 1. The molecular formula is C27H32N2O7. The van der Waals surface area contributed by atoms with E-state index in [0.717, 1.165) is 31.4 Å². The average Bonchev–Trinajstić information content (AvgIpc) is 3.21. The fourth-order valence-corrected chi connectivity index (χ4v) is 7.00. The topological polar surface area (TPSA) is 141 Å². The number of rotatable bonds is 3. The van der Waals surface area contributed by atoms with Gasteiger partial charge in [-0.2, -0.15) is 0 Å². The first-order valence-corrected chi connectivity index (χ1v) is 12.6. The van der Waals surface area contributed by atoms with Crippen LogP contribution in [0.3, 0.4) is 0 Å². The minimum Gasteiger partial charge on any atom is -0.507 e. The normalized spacial score (nSPS) is 33.0. The Morgan fingerprint density at radius 3 is 2.36 bits per heavy atom. The largest absolute Gasteiger partial charge is 0.507 e. The van der Waals surface area contributed by atoms with E-state index >= 15 is 0 Å². The SMILES string of the molecule is CN(C)c1ccc(O)c2c1C[C@H]1C[C@H]3CC(=O)C(C(=O)NC4(C)CCCC4)C(=O)[C@@]3(O)C(=O)C1C2=O. The second-order valence-corrected chi connectivity index (χ2v) is 11.4. The van der Waals surface area contributed by atoms with E-state index < -0.39 is 63.9 Å². The molecule has 192 valence electrons. The van der Waals surface area contributed by atoms with Gasteiger partial charge in [0.25, 0.3) is 0 Å². The number of carbonyl (C=O) groups is 5. The number of ketones is 4. The lowest BCUT2D eigenvalue weighted by Crippen LogP contribution is -2.69. The third kappa shape index (κ3) is 3.43. The molecule has 1 aromatic rings. The maximum absolute atomic E-state index is 13.7. The van der Waals surface area contributed by atoms with Crippen molar-refractivity contribution < 1.29 is 34.2 Å². The molecule has 1 aromatic carbocycles. The van der Waals surface area contributed by atoms with E-state index in [2.05, 4.69) is 5.32 Å². The van der Waals surface area contributed by atoms with Crippen molar-refractivity contribution in [1.82, 2.24) is 5.32 Å². The highest BCUT2D eigenvalue weighted by Gasteiger charge is 2.66. The van der Waals surface area contributed by atoms with Crippen LogP contribution in [0, 0.1) is 23.7 Å². The van der Waals surface area contributed by atoms with Gasteiger partial charge in [0.2, 0.25) is 5.91 Å². The standard InChI is InChI=1S/C27H32N2O7/c1-26(8-4-5-9-26)28-25(35)21-18(31)12-14-10-13-11-15-16(29(2)3)6-7-17(30)20(15)22(32)19(13)23(33)27(14,36)24(21)34/h6-7,13-14,19,21,30,36H,4-5,8-12H2,1-3H3,(H,28,35)/t13-,14+,19?,21?,27+/m1/s1. The maximum atomic E-state index is 13.7. The summed E-state index contributed by atoms with van der Waals surface area (Å²) in [6.07, 6.45) is 3.39. The number of aromatic hydroxyl groups is 1. The molecule has 0 bridgehead atoms. The zero-order valence-electron chi connectivity index (χ0n) is 20.8. The van der Waals surface area contributed by atoms with Crippen LogP contribution in [0.1, 0.15) is 61.4 Å². The van der Waals surface area contributed by atoms with Crippen molar-refractivity contribution in [2.45, 2.75) is 63.0 Å². The summed E-state index contributed by atoms with van der Waals surface area (Å²) in [5, 5.41) is 24.9. The Bertz CT molecular complexity index is 1200. The zero-order valence-corrected chi connectivity index (χ0v) is 20.8. The van der Waals surface area contributed by atoms with Crippen LogP contribution in [0.4, 0.5) is 5.69 Å². The van der Waals surface area contributed by atoms with Gasteiger partial charge in [-0.25, -0.2) is 0 Å². The summed E-state index contributed by atoms with van der Waals surface area (Å²) in [5.74, 6) is -8.99. The molecule has 4 aliphatic carbocycles. The summed E-state index contributed by atoms with van der Waals surface area (Å²) in [7, 11) is 3.62. The summed E-state index contributed by atoms with van der Waals surface area (Å²) in [6.45, 7) is 1.86. The number of nitrogens with zero attached hydrogens (tertiary/aromatic N) is 1. The molecule has 9 heteroatoms. The Balaban J connectivity index is 1.50. The average molecular weight is 497 g/mol. The number of benzene rings is 1. The van der Waals surface area contributed by atoms with Crippen LogP contribution in [0.15, 0.2) is 12.1 Å². The van der Waals surface area contributed by atoms with Crippen molar-refractivity contribution in [2.24, 2.45) is 23.7 Å². The molecule has 0 aromatic heterocycles. The molecule has 3 N–H and O–H groups in total. The number of Topliss-reactive ketones (excluding diaryl/α,β-unsaturated/α-hetero) is 4. The van der Waals surface area contributed by atoms with E-state index in [9.17, 15) is 34.2 Å². The molecular weight excluding hydrogens is 464 g/mol. The van der Waals surface area contributed by atoms with E-state index in [1.165, 1.54) is 6.07 Å². The fraction of sp³-hybridized carbons (Fsp3) is 0.593. The molecule has 9 nitrogen and oxygen atoms in total. The van der Waals surface area contributed by atoms with E-state index in [0.29, 0.717) is 5.56 Å². The third-order valence-corrected chi connectivity index (χ3v) is 8.85. The van der Waals surface area contributed by atoms with Gasteiger partial charge in [-0.1, -0.05) is 12.8 Å². The van der Waals surface area contributed by atoms with Crippen molar-refractivity contribution in [3.8, 4) is 5.75 Å². The fourth-order valence-electron chi connectivity index (χ4n) is 7.00. The molecule has 5 rings (SSSR count). The number of hydrogen-bond donors (Lipinski definition) is 3. The van der Waals surface area contributed by atoms with Crippen LogP contribution in [0.5, 0.6) is 5.75 Å². The first kappa shape index (κ1) is 24.6. The summed E-state index contributed by atoms with van der Waals surface area (Å²) >= 11 is 0. The second kappa shape index (κ2) is 8.23. The van der Waals surface area contributed by atoms with E-state index in [-0.39, 0.29) is 30.6 Å². The zero-order chi connectivity index (χ0) is 26.2. The van der Waals surface area contributed by atoms with E-state index in [1.807, 2.05) is 25.9 Å². The monoisotopic (exact) mass is 496 g/mol. The Labute approximate surface area is 209 Å². The molecule has 1 amide bonds. The quantitative estimate of drug-likeness (QED) is 0.533. The van der Waals surface area contributed by atoms with Crippen LogP contribution < -0.4 is 10.2 Å². The van der Waals surface area contributed by atoms with Gasteiger partial charge in [0.15, 0.2) is 34.7 Å². The minimum atomic E-state index is -2.59. The number of phenolic OH excluding ortho intramolecular Hbond substituents is 1. The van der Waals surface area contributed by atoms with Crippen molar-refractivity contribution in [3.05, 3.63) is 23.3 Å². The van der Waals surface area contributed by atoms with Crippen LogP contribution in [-0.4, -0.2) is 64.5 Å². The molecule has 0 radical (unpaired) electrons. The number of aliphatic hydroxyl groups is 1. The Morgan fingerprint density at radius 2 is 1.72 bits per heavy atom. The van der Waals surface area contributed by atoms with Gasteiger partial charge in [0, 0.05) is 37.7 Å². The van der Waals surface area contributed by atoms with Gasteiger partial charge in [0.1, 0.15) is 5.75 Å². The number of carbonyl (C=O) groups excluding carboxylic acids is 5. The molecule has 4 aliphatic rings. The van der Waals surface area contributed by atoms with Crippen LogP contribution >= 0.6 is 0 Å².